The minimum atomic E-state index is -0.249. The number of ether oxygens (including phenoxy) is 1. The second kappa shape index (κ2) is 7.62. The van der Waals surface area contributed by atoms with Crippen LogP contribution in [-0.4, -0.2) is 36.7 Å². The molecule has 4 nitrogen and oxygen atoms in total. The van der Waals surface area contributed by atoms with Gasteiger partial charge in [0, 0.05) is 18.2 Å². The van der Waals surface area contributed by atoms with Crippen LogP contribution in [-0.2, 0) is 0 Å². The minimum absolute atomic E-state index is 0.170. The van der Waals surface area contributed by atoms with E-state index in [9.17, 15) is 9.90 Å². The largest absolute Gasteiger partial charge is 0.492 e. The lowest BCUT2D eigenvalue weighted by Crippen LogP contribution is -2.43. The molecular formula is C15H20ClNO3. The maximum Gasteiger partial charge on any atom is 0.151 e. The lowest BCUT2D eigenvalue weighted by molar-refractivity contribution is 0.0890. The Labute approximate surface area is 124 Å². The number of aliphatic hydroxyl groups is 1. The van der Waals surface area contributed by atoms with Gasteiger partial charge in [-0.2, -0.15) is 0 Å². The van der Waals surface area contributed by atoms with E-state index < -0.39 is 0 Å². The molecule has 0 saturated heterocycles. The normalized spacial score (nSPS) is 22.5. The number of nitrogens with one attached hydrogen (secondary N) is 1. The van der Waals surface area contributed by atoms with Crippen molar-refractivity contribution in [3.8, 4) is 5.75 Å². The van der Waals surface area contributed by atoms with Crippen molar-refractivity contribution in [2.24, 2.45) is 0 Å². The highest BCUT2D eigenvalue weighted by molar-refractivity contribution is 6.33. The first-order valence-corrected chi connectivity index (χ1v) is 7.37. The number of hydrogen-bond acceptors (Lipinski definition) is 4. The number of halogens is 1. The van der Waals surface area contributed by atoms with E-state index in [1.807, 2.05) is 0 Å². The third-order valence-electron chi connectivity index (χ3n) is 3.60. The van der Waals surface area contributed by atoms with Crippen molar-refractivity contribution in [1.82, 2.24) is 5.32 Å². The first kappa shape index (κ1) is 15.3. The van der Waals surface area contributed by atoms with Crippen LogP contribution in [0.2, 0.25) is 5.02 Å². The molecule has 5 heteroatoms. The molecule has 2 atom stereocenters. The summed E-state index contributed by atoms with van der Waals surface area (Å²) in [5, 5.41) is 13.6. The number of benzene rings is 1. The summed E-state index contributed by atoms with van der Waals surface area (Å²) in [6, 6.07) is 5.19. The van der Waals surface area contributed by atoms with Gasteiger partial charge in [0.25, 0.3) is 0 Å². The SMILES string of the molecule is O=Cc1cc(OCCNC2CCCCC2O)ccc1Cl. The molecule has 1 aromatic carbocycles. The van der Waals surface area contributed by atoms with Gasteiger partial charge in [0.2, 0.25) is 0 Å². The standard InChI is InChI=1S/C15H20ClNO3/c16-13-6-5-12(9-11(13)10-18)20-8-7-17-14-3-1-2-4-15(14)19/h5-6,9-10,14-15,17,19H,1-4,7-8H2. The second-order valence-electron chi connectivity index (χ2n) is 5.06. The van der Waals surface area contributed by atoms with E-state index in [1.165, 1.54) is 0 Å². The molecule has 1 aliphatic rings. The molecule has 1 aromatic rings. The van der Waals surface area contributed by atoms with Gasteiger partial charge >= 0.3 is 0 Å². The van der Waals surface area contributed by atoms with Gasteiger partial charge < -0.3 is 15.2 Å². The smallest absolute Gasteiger partial charge is 0.151 e. The zero-order valence-corrected chi connectivity index (χ0v) is 12.1. The Hall–Kier alpha value is -1.10. The van der Waals surface area contributed by atoms with E-state index in [4.69, 9.17) is 16.3 Å². The summed E-state index contributed by atoms with van der Waals surface area (Å²) in [5.74, 6) is 0.627. The molecule has 1 fully saturated rings. The van der Waals surface area contributed by atoms with Crippen LogP contribution in [0.4, 0.5) is 0 Å². The van der Waals surface area contributed by atoms with E-state index >= 15 is 0 Å². The fourth-order valence-electron chi connectivity index (χ4n) is 2.46. The molecular weight excluding hydrogens is 278 g/mol. The van der Waals surface area contributed by atoms with Crippen LogP contribution in [0.3, 0.4) is 0 Å². The van der Waals surface area contributed by atoms with Crippen molar-refractivity contribution < 1.29 is 14.6 Å². The molecule has 0 aromatic heterocycles. The molecule has 110 valence electrons. The second-order valence-corrected chi connectivity index (χ2v) is 5.47. The van der Waals surface area contributed by atoms with Gasteiger partial charge in [-0.15, -0.1) is 0 Å². The molecule has 1 aliphatic carbocycles. The van der Waals surface area contributed by atoms with Crippen LogP contribution >= 0.6 is 11.6 Å². The molecule has 0 amide bonds. The Morgan fingerprint density at radius 3 is 2.95 bits per heavy atom. The molecule has 0 heterocycles. The van der Waals surface area contributed by atoms with E-state index in [0.717, 1.165) is 25.7 Å². The lowest BCUT2D eigenvalue weighted by atomic mass is 9.93. The highest BCUT2D eigenvalue weighted by Gasteiger charge is 2.21. The van der Waals surface area contributed by atoms with Crippen LogP contribution in [0, 0.1) is 0 Å². The molecule has 1 saturated carbocycles. The summed E-state index contributed by atoms with van der Waals surface area (Å²) in [7, 11) is 0. The first-order valence-electron chi connectivity index (χ1n) is 6.99. The third-order valence-corrected chi connectivity index (χ3v) is 3.95. The number of rotatable bonds is 6. The number of carbonyl (C=O) groups excluding carboxylic acids is 1. The van der Waals surface area contributed by atoms with Crippen molar-refractivity contribution in [2.75, 3.05) is 13.2 Å². The summed E-state index contributed by atoms with van der Waals surface area (Å²) < 4.78 is 5.57. The Morgan fingerprint density at radius 1 is 1.40 bits per heavy atom. The van der Waals surface area contributed by atoms with Gasteiger partial charge in [0.05, 0.1) is 11.1 Å². The molecule has 2 unspecified atom stereocenters. The van der Waals surface area contributed by atoms with Crippen molar-refractivity contribution in [2.45, 2.75) is 37.8 Å². The van der Waals surface area contributed by atoms with Crippen LogP contribution < -0.4 is 10.1 Å². The van der Waals surface area contributed by atoms with Crippen LogP contribution in [0.25, 0.3) is 0 Å². The third kappa shape index (κ3) is 4.20. The summed E-state index contributed by atoms with van der Waals surface area (Å²) in [4.78, 5) is 10.8. The highest BCUT2D eigenvalue weighted by atomic mass is 35.5. The Bertz CT molecular complexity index is 453. The molecule has 20 heavy (non-hydrogen) atoms. The summed E-state index contributed by atoms with van der Waals surface area (Å²) in [6.45, 7) is 1.16. The molecule has 0 spiro atoms. The Kier molecular flexibility index (Phi) is 5.83. The van der Waals surface area contributed by atoms with Crippen molar-refractivity contribution >= 4 is 17.9 Å². The van der Waals surface area contributed by atoms with Gasteiger partial charge in [0.1, 0.15) is 12.4 Å². The van der Waals surface area contributed by atoms with Gasteiger partial charge in [0.15, 0.2) is 6.29 Å². The number of carbonyl (C=O) groups is 1. The van der Waals surface area contributed by atoms with Gasteiger partial charge in [-0.25, -0.2) is 0 Å². The van der Waals surface area contributed by atoms with E-state index in [1.54, 1.807) is 18.2 Å². The average molecular weight is 298 g/mol. The lowest BCUT2D eigenvalue weighted by Gasteiger charge is -2.28. The predicted molar refractivity (Wildman–Crippen MR) is 78.6 cm³/mol. The van der Waals surface area contributed by atoms with Crippen molar-refractivity contribution in [3.63, 3.8) is 0 Å². The first-order chi connectivity index (χ1) is 9.70. The topological polar surface area (TPSA) is 58.6 Å². The molecule has 2 N–H and O–H groups in total. The molecule has 0 aliphatic heterocycles. The zero-order chi connectivity index (χ0) is 14.4. The Morgan fingerprint density at radius 2 is 2.20 bits per heavy atom. The number of aldehydes is 1. The average Bonchev–Trinajstić information content (AvgIpc) is 2.47. The summed E-state index contributed by atoms with van der Waals surface area (Å²) >= 11 is 5.85. The Balaban J connectivity index is 1.74. The predicted octanol–water partition coefficient (Wildman–Crippen LogP) is 2.42. The van der Waals surface area contributed by atoms with E-state index in [2.05, 4.69) is 5.32 Å². The summed E-state index contributed by atoms with van der Waals surface area (Å²) in [6.07, 6.45) is 4.62. The maximum atomic E-state index is 10.8. The number of hydrogen-bond donors (Lipinski definition) is 2. The van der Waals surface area contributed by atoms with Crippen LogP contribution in [0.1, 0.15) is 36.0 Å². The molecule has 0 bridgehead atoms. The van der Waals surface area contributed by atoms with E-state index in [0.29, 0.717) is 35.8 Å². The fourth-order valence-corrected chi connectivity index (χ4v) is 2.63. The van der Waals surface area contributed by atoms with E-state index in [-0.39, 0.29) is 12.1 Å². The van der Waals surface area contributed by atoms with Crippen molar-refractivity contribution in [1.29, 1.82) is 0 Å². The zero-order valence-electron chi connectivity index (χ0n) is 11.3. The molecule has 2 rings (SSSR count). The monoisotopic (exact) mass is 297 g/mol. The van der Waals surface area contributed by atoms with Gasteiger partial charge in [-0.05, 0) is 31.0 Å². The summed E-state index contributed by atoms with van der Waals surface area (Å²) in [5.41, 5.74) is 0.430. The minimum Gasteiger partial charge on any atom is -0.492 e. The highest BCUT2D eigenvalue weighted by Crippen LogP contribution is 2.21. The van der Waals surface area contributed by atoms with Gasteiger partial charge in [-0.1, -0.05) is 24.4 Å². The number of aliphatic hydroxyl groups excluding tert-OH is 1. The fraction of sp³-hybridized carbons (Fsp3) is 0.533. The maximum absolute atomic E-state index is 10.8. The van der Waals surface area contributed by atoms with Crippen molar-refractivity contribution in [3.05, 3.63) is 28.8 Å². The van der Waals surface area contributed by atoms with Crippen LogP contribution in [0.5, 0.6) is 5.75 Å². The molecule has 0 radical (unpaired) electrons. The van der Waals surface area contributed by atoms with Crippen LogP contribution in [0.15, 0.2) is 18.2 Å². The quantitative estimate of drug-likeness (QED) is 0.625. The van der Waals surface area contributed by atoms with Gasteiger partial charge in [-0.3, -0.25) is 4.79 Å².